The molecule has 0 aliphatic carbocycles. The highest BCUT2D eigenvalue weighted by Gasteiger charge is 2.23. The van der Waals surface area contributed by atoms with Crippen LogP contribution in [0.1, 0.15) is 28.6 Å². The van der Waals surface area contributed by atoms with E-state index in [1.54, 1.807) is 0 Å². The summed E-state index contributed by atoms with van der Waals surface area (Å²) in [6.45, 7) is 3.22. The van der Waals surface area contributed by atoms with E-state index >= 15 is 0 Å². The molecule has 0 unspecified atom stereocenters. The maximum absolute atomic E-state index is 13.2. The van der Waals surface area contributed by atoms with Gasteiger partial charge in [0.15, 0.2) is 0 Å². The van der Waals surface area contributed by atoms with Crippen molar-refractivity contribution in [1.29, 1.82) is 0 Å². The molecule has 4 nitrogen and oxygen atoms in total. The minimum Gasteiger partial charge on any atom is -0.369 e. The lowest BCUT2D eigenvalue weighted by molar-refractivity contribution is -0.0349. The van der Waals surface area contributed by atoms with Gasteiger partial charge in [-0.2, -0.15) is 0 Å². The molecular formula is C26H24FN3O. The van der Waals surface area contributed by atoms with Gasteiger partial charge in [-0.3, -0.25) is 14.9 Å². The Balaban J connectivity index is 1.30. The predicted molar refractivity (Wildman–Crippen MR) is 119 cm³/mol. The second kappa shape index (κ2) is 8.92. The quantitative estimate of drug-likeness (QED) is 0.465. The first-order valence-electron chi connectivity index (χ1n) is 10.6. The lowest BCUT2D eigenvalue weighted by Crippen LogP contribution is -2.38. The van der Waals surface area contributed by atoms with Gasteiger partial charge in [0.1, 0.15) is 11.9 Å². The zero-order valence-corrected chi connectivity index (χ0v) is 17.2. The summed E-state index contributed by atoms with van der Waals surface area (Å²) in [5.41, 5.74) is 5.26. The molecule has 2 aromatic carbocycles. The van der Waals surface area contributed by atoms with E-state index in [1.165, 1.54) is 23.1 Å². The maximum atomic E-state index is 13.2. The number of morpholine rings is 1. The average molecular weight is 413 g/mol. The van der Waals surface area contributed by atoms with Crippen LogP contribution >= 0.6 is 0 Å². The van der Waals surface area contributed by atoms with E-state index in [0.717, 1.165) is 42.1 Å². The number of benzene rings is 2. The molecule has 1 aliphatic rings. The normalized spacial score (nSPS) is 17.1. The largest absolute Gasteiger partial charge is 0.369 e. The van der Waals surface area contributed by atoms with Crippen molar-refractivity contribution in [3.05, 3.63) is 107 Å². The van der Waals surface area contributed by atoms with Gasteiger partial charge in [-0.05, 0) is 47.5 Å². The van der Waals surface area contributed by atoms with Crippen LogP contribution < -0.4 is 0 Å². The summed E-state index contributed by atoms with van der Waals surface area (Å²) >= 11 is 0. The molecular weight excluding hydrogens is 389 g/mol. The van der Waals surface area contributed by atoms with Crippen LogP contribution in [0.4, 0.5) is 4.39 Å². The Morgan fingerprint density at radius 3 is 2.74 bits per heavy atom. The zero-order chi connectivity index (χ0) is 21.0. The van der Waals surface area contributed by atoms with Gasteiger partial charge in [0.05, 0.1) is 17.8 Å². The first-order chi connectivity index (χ1) is 15.2. The van der Waals surface area contributed by atoms with Crippen molar-refractivity contribution < 1.29 is 9.13 Å². The molecule has 1 saturated heterocycles. The Bertz CT molecular complexity index is 1170. The van der Waals surface area contributed by atoms with Gasteiger partial charge >= 0.3 is 0 Å². The van der Waals surface area contributed by atoms with Crippen LogP contribution in [0.3, 0.4) is 0 Å². The molecule has 156 valence electrons. The summed E-state index contributed by atoms with van der Waals surface area (Å²) in [6, 6.07) is 23.0. The van der Waals surface area contributed by atoms with E-state index in [9.17, 15) is 4.39 Å². The Hall–Kier alpha value is -3.15. The molecule has 0 spiro atoms. The van der Waals surface area contributed by atoms with Crippen molar-refractivity contribution in [1.82, 2.24) is 14.9 Å². The van der Waals surface area contributed by atoms with Gasteiger partial charge in [0, 0.05) is 43.3 Å². The number of halogens is 1. The van der Waals surface area contributed by atoms with Crippen molar-refractivity contribution in [3.8, 4) is 0 Å². The van der Waals surface area contributed by atoms with Crippen LogP contribution in [-0.4, -0.2) is 34.6 Å². The Labute approximate surface area is 181 Å². The smallest absolute Gasteiger partial charge is 0.123 e. The number of rotatable bonds is 5. The number of fused-ring (bicyclic) bond motifs is 1. The van der Waals surface area contributed by atoms with Crippen LogP contribution in [-0.2, 0) is 17.7 Å². The van der Waals surface area contributed by atoms with E-state index in [4.69, 9.17) is 9.72 Å². The number of hydrogen-bond acceptors (Lipinski definition) is 4. The fourth-order valence-electron chi connectivity index (χ4n) is 4.15. The van der Waals surface area contributed by atoms with Crippen LogP contribution in [0.2, 0.25) is 0 Å². The Morgan fingerprint density at radius 2 is 1.84 bits per heavy atom. The van der Waals surface area contributed by atoms with Gasteiger partial charge in [-0.25, -0.2) is 4.39 Å². The minimum absolute atomic E-state index is 0.0602. The van der Waals surface area contributed by atoms with Crippen LogP contribution in [0.15, 0.2) is 79.0 Å². The number of aromatic nitrogens is 2. The van der Waals surface area contributed by atoms with Gasteiger partial charge in [0.25, 0.3) is 0 Å². The third-order valence-electron chi connectivity index (χ3n) is 5.74. The molecule has 1 atom stereocenters. The van der Waals surface area contributed by atoms with E-state index in [0.29, 0.717) is 13.0 Å². The fourth-order valence-corrected chi connectivity index (χ4v) is 4.15. The third-order valence-corrected chi connectivity index (χ3v) is 5.74. The molecule has 0 N–H and O–H groups in total. The second-order valence-electron chi connectivity index (χ2n) is 7.94. The summed E-state index contributed by atoms with van der Waals surface area (Å²) in [5, 5.41) is 1.20. The molecule has 1 fully saturated rings. The topological polar surface area (TPSA) is 38.2 Å². The zero-order valence-electron chi connectivity index (χ0n) is 17.2. The highest BCUT2D eigenvalue weighted by Crippen LogP contribution is 2.24. The summed E-state index contributed by atoms with van der Waals surface area (Å²) in [7, 11) is 0. The number of ether oxygens (including phenoxy) is 1. The van der Waals surface area contributed by atoms with Crippen molar-refractivity contribution in [2.24, 2.45) is 0 Å². The third kappa shape index (κ3) is 4.63. The second-order valence-corrected chi connectivity index (χ2v) is 7.94. The predicted octanol–water partition coefficient (Wildman–Crippen LogP) is 4.93. The molecule has 0 amide bonds. The summed E-state index contributed by atoms with van der Waals surface area (Å²) in [6.07, 6.45) is 2.50. The van der Waals surface area contributed by atoms with E-state index in [2.05, 4.69) is 34.1 Å². The van der Waals surface area contributed by atoms with Gasteiger partial charge in [-0.15, -0.1) is 0 Å². The maximum Gasteiger partial charge on any atom is 0.123 e. The molecule has 0 saturated carbocycles. The van der Waals surface area contributed by atoms with Crippen LogP contribution in [0, 0.1) is 5.82 Å². The highest BCUT2D eigenvalue weighted by molar-refractivity contribution is 5.81. The van der Waals surface area contributed by atoms with Crippen LogP contribution in [0.5, 0.6) is 0 Å². The monoisotopic (exact) mass is 413 g/mol. The molecule has 0 bridgehead atoms. The van der Waals surface area contributed by atoms with Crippen molar-refractivity contribution in [2.75, 3.05) is 19.7 Å². The molecule has 2 aromatic heterocycles. The molecule has 0 radical (unpaired) electrons. The van der Waals surface area contributed by atoms with Crippen molar-refractivity contribution in [2.45, 2.75) is 19.1 Å². The number of nitrogens with zero attached hydrogens (tertiary/aromatic N) is 3. The first kappa shape index (κ1) is 19.8. The molecule has 5 rings (SSSR count). The van der Waals surface area contributed by atoms with Crippen molar-refractivity contribution >= 4 is 10.9 Å². The van der Waals surface area contributed by atoms with E-state index in [1.807, 2.05) is 42.6 Å². The van der Waals surface area contributed by atoms with E-state index < -0.39 is 0 Å². The Kier molecular flexibility index (Phi) is 5.69. The van der Waals surface area contributed by atoms with Crippen LogP contribution in [0.25, 0.3) is 10.9 Å². The molecule has 3 heterocycles. The molecule has 5 heteroatoms. The Morgan fingerprint density at radius 1 is 0.968 bits per heavy atom. The highest BCUT2D eigenvalue weighted by atomic mass is 19.1. The lowest BCUT2D eigenvalue weighted by Gasteiger charge is -2.33. The van der Waals surface area contributed by atoms with Gasteiger partial charge < -0.3 is 4.74 Å². The number of hydrogen-bond donors (Lipinski definition) is 0. The fraction of sp³-hybridized carbons (Fsp3) is 0.231. The van der Waals surface area contributed by atoms with E-state index in [-0.39, 0.29) is 11.9 Å². The summed E-state index contributed by atoms with van der Waals surface area (Å²) in [5.74, 6) is -0.219. The van der Waals surface area contributed by atoms with Crippen molar-refractivity contribution in [3.63, 3.8) is 0 Å². The molecule has 31 heavy (non-hydrogen) atoms. The van der Waals surface area contributed by atoms with Gasteiger partial charge in [-0.1, -0.05) is 36.4 Å². The number of pyridine rings is 2. The minimum atomic E-state index is -0.219. The standard InChI is InChI=1S/C26H24FN3O/c27-21-10-8-19(9-11-21)16-22-4-3-7-25(29-22)26-18-30(14-15-31-26)17-20-12-13-28-24-6-2-1-5-23(20)24/h1-13,26H,14-18H2/t26-/m0/s1. The lowest BCUT2D eigenvalue weighted by atomic mass is 10.1. The average Bonchev–Trinajstić information content (AvgIpc) is 2.81. The van der Waals surface area contributed by atoms with Gasteiger partial charge in [0.2, 0.25) is 0 Å². The first-order valence-corrected chi connectivity index (χ1v) is 10.6. The molecule has 1 aliphatic heterocycles. The summed E-state index contributed by atoms with van der Waals surface area (Å²) in [4.78, 5) is 11.7. The molecule has 4 aromatic rings. The summed E-state index contributed by atoms with van der Waals surface area (Å²) < 4.78 is 19.2. The SMILES string of the molecule is Fc1ccc(Cc2cccc([C@@H]3CN(Cc4ccnc5ccccc45)CCO3)n2)cc1. The number of para-hydroxylation sites is 1.